The summed E-state index contributed by atoms with van der Waals surface area (Å²) in [5.41, 5.74) is 2.14. The number of anilines is 1. The molecule has 7 nitrogen and oxygen atoms in total. The summed E-state index contributed by atoms with van der Waals surface area (Å²) >= 11 is 1.39. The standard InChI is InChI=1S/C14H16N6OS/c1-4-20-11-6-5-9(7-10(11)16-19-20)12(21)15-14-18-17-13(22-14)8(2)3/h5-8H,4H2,1-3H3,(H,15,18,21). The smallest absolute Gasteiger partial charge is 0.257 e. The molecule has 0 atom stereocenters. The second kappa shape index (κ2) is 5.80. The van der Waals surface area contributed by atoms with E-state index in [-0.39, 0.29) is 5.91 Å². The number of nitrogens with zero attached hydrogens (tertiary/aromatic N) is 5. The first-order chi connectivity index (χ1) is 10.6. The molecule has 2 aromatic heterocycles. The predicted octanol–water partition coefficient (Wildman–Crippen LogP) is 2.68. The summed E-state index contributed by atoms with van der Waals surface area (Å²) in [5, 5.41) is 20.3. The van der Waals surface area contributed by atoms with Gasteiger partial charge < -0.3 is 0 Å². The van der Waals surface area contributed by atoms with Crippen molar-refractivity contribution in [3.63, 3.8) is 0 Å². The van der Waals surface area contributed by atoms with Crippen molar-refractivity contribution in [1.82, 2.24) is 25.2 Å². The maximum absolute atomic E-state index is 12.3. The van der Waals surface area contributed by atoms with Gasteiger partial charge >= 0.3 is 0 Å². The van der Waals surface area contributed by atoms with Gasteiger partial charge in [-0.05, 0) is 25.1 Å². The van der Waals surface area contributed by atoms with Crippen LogP contribution in [-0.2, 0) is 6.54 Å². The van der Waals surface area contributed by atoms with Gasteiger partial charge in [0.2, 0.25) is 5.13 Å². The lowest BCUT2D eigenvalue weighted by Gasteiger charge is -2.02. The van der Waals surface area contributed by atoms with E-state index in [4.69, 9.17) is 0 Å². The molecule has 0 fully saturated rings. The molecule has 0 bridgehead atoms. The fourth-order valence-electron chi connectivity index (χ4n) is 2.03. The highest BCUT2D eigenvalue weighted by atomic mass is 32.1. The number of carbonyl (C=O) groups is 1. The number of rotatable bonds is 4. The Labute approximate surface area is 131 Å². The third-order valence-corrected chi connectivity index (χ3v) is 4.37. The molecule has 1 N–H and O–H groups in total. The van der Waals surface area contributed by atoms with E-state index in [1.165, 1.54) is 11.3 Å². The zero-order valence-electron chi connectivity index (χ0n) is 12.6. The summed E-state index contributed by atoms with van der Waals surface area (Å²) < 4.78 is 1.79. The van der Waals surface area contributed by atoms with Crippen molar-refractivity contribution < 1.29 is 4.79 Å². The second-order valence-electron chi connectivity index (χ2n) is 5.16. The van der Waals surface area contributed by atoms with Crippen molar-refractivity contribution in [3.8, 4) is 0 Å². The lowest BCUT2D eigenvalue weighted by atomic mass is 10.2. The van der Waals surface area contributed by atoms with Crippen LogP contribution >= 0.6 is 11.3 Å². The highest BCUT2D eigenvalue weighted by Crippen LogP contribution is 2.23. The van der Waals surface area contributed by atoms with Gasteiger partial charge in [0.25, 0.3) is 5.91 Å². The van der Waals surface area contributed by atoms with Crippen LogP contribution < -0.4 is 5.32 Å². The van der Waals surface area contributed by atoms with Gasteiger partial charge in [0.15, 0.2) is 0 Å². The number of fused-ring (bicyclic) bond motifs is 1. The molecule has 22 heavy (non-hydrogen) atoms. The van der Waals surface area contributed by atoms with Crippen molar-refractivity contribution in [2.45, 2.75) is 33.2 Å². The maximum atomic E-state index is 12.3. The topological polar surface area (TPSA) is 85.6 Å². The number of hydrogen-bond acceptors (Lipinski definition) is 6. The Morgan fingerprint density at radius 3 is 2.82 bits per heavy atom. The van der Waals surface area contributed by atoms with Crippen LogP contribution in [0.25, 0.3) is 11.0 Å². The predicted molar refractivity (Wildman–Crippen MR) is 85.2 cm³/mol. The number of hydrogen-bond donors (Lipinski definition) is 1. The maximum Gasteiger partial charge on any atom is 0.257 e. The Hall–Kier alpha value is -2.35. The van der Waals surface area contributed by atoms with Crippen LogP contribution in [0, 0.1) is 0 Å². The molecule has 0 saturated heterocycles. The fourth-order valence-corrected chi connectivity index (χ4v) is 2.78. The molecule has 0 spiro atoms. The first-order valence-corrected chi connectivity index (χ1v) is 7.88. The van der Waals surface area contributed by atoms with Gasteiger partial charge in [0.1, 0.15) is 10.5 Å². The minimum atomic E-state index is -0.223. The van der Waals surface area contributed by atoms with Crippen LogP contribution in [-0.4, -0.2) is 31.1 Å². The summed E-state index contributed by atoms with van der Waals surface area (Å²) in [7, 11) is 0. The molecule has 1 amide bonds. The SMILES string of the molecule is CCn1nnc2cc(C(=O)Nc3nnc(C(C)C)s3)ccc21. The van der Waals surface area contributed by atoms with Crippen molar-refractivity contribution in [3.05, 3.63) is 28.8 Å². The van der Waals surface area contributed by atoms with Gasteiger partial charge in [-0.3, -0.25) is 10.1 Å². The van der Waals surface area contributed by atoms with E-state index in [0.717, 1.165) is 17.1 Å². The number of benzene rings is 1. The zero-order valence-corrected chi connectivity index (χ0v) is 13.4. The van der Waals surface area contributed by atoms with E-state index in [0.29, 0.717) is 22.1 Å². The third-order valence-electron chi connectivity index (χ3n) is 3.23. The lowest BCUT2D eigenvalue weighted by molar-refractivity contribution is 0.102. The highest BCUT2D eigenvalue weighted by Gasteiger charge is 2.13. The largest absolute Gasteiger partial charge is 0.296 e. The molecule has 2 heterocycles. The van der Waals surface area contributed by atoms with Gasteiger partial charge in [-0.15, -0.1) is 15.3 Å². The van der Waals surface area contributed by atoms with E-state index in [9.17, 15) is 4.79 Å². The van der Waals surface area contributed by atoms with E-state index < -0.39 is 0 Å². The van der Waals surface area contributed by atoms with E-state index in [1.807, 2.05) is 26.8 Å². The quantitative estimate of drug-likeness (QED) is 0.800. The Morgan fingerprint density at radius 2 is 2.14 bits per heavy atom. The summed E-state index contributed by atoms with van der Waals surface area (Å²) in [6.45, 7) is 6.81. The molecule has 0 aliphatic rings. The number of carbonyl (C=O) groups excluding carboxylic acids is 1. The molecule has 0 aliphatic carbocycles. The molecule has 3 aromatic rings. The van der Waals surface area contributed by atoms with Gasteiger partial charge in [-0.25, -0.2) is 4.68 Å². The molecule has 0 aliphatic heterocycles. The van der Waals surface area contributed by atoms with E-state index >= 15 is 0 Å². The van der Waals surface area contributed by atoms with Gasteiger partial charge in [-0.2, -0.15) is 0 Å². The number of nitrogens with one attached hydrogen (secondary N) is 1. The molecular weight excluding hydrogens is 300 g/mol. The Morgan fingerprint density at radius 1 is 1.32 bits per heavy atom. The van der Waals surface area contributed by atoms with Crippen LogP contribution in [0.4, 0.5) is 5.13 Å². The lowest BCUT2D eigenvalue weighted by Crippen LogP contribution is -2.11. The Bertz CT molecular complexity index is 822. The minimum absolute atomic E-state index is 0.223. The molecule has 3 rings (SSSR count). The van der Waals surface area contributed by atoms with Gasteiger partial charge in [0, 0.05) is 18.0 Å². The van der Waals surface area contributed by atoms with E-state index in [2.05, 4.69) is 25.8 Å². The zero-order chi connectivity index (χ0) is 15.7. The molecule has 0 saturated carbocycles. The van der Waals surface area contributed by atoms with Crippen molar-refractivity contribution in [1.29, 1.82) is 0 Å². The van der Waals surface area contributed by atoms with E-state index in [1.54, 1.807) is 16.8 Å². The van der Waals surface area contributed by atoms with Gasteiger partial charge in [-0.1, -0.05) is 30.4 Å². The average molecular weight is 316 g/mol. The first-order valence-electron chi connectivity index (χ1n) is 7.06. The Kier molecular flexibility index (Phi) is 3.84. The van der Waals surface area contributed by atoms with Crippen LogP contribution in [0.5, 0.6) is 0 Å². The summed E-state index contributed by atoms with van der Waals surface area (Å²) in [5.74, 6) is 0.0722. The van der Waals surface area contributed by atoms with Crippen LogP contribution in [0.3, 0.4) is 0 Å². The molecule has 0 unspecified atom stereocenters. The number of amides is 1. The van der Waals surface area contributed by atoms with Crippen LogP contribution in [0.2, 0.25) is 0 Å². The average Bonchev–Trinajstić information content (AvgIpc) is 3.12. The number of aromatic nitrogens is 5. The van der Waals surface area contributed by atoms with Crippen molar-refractivity contribution >= 4 is 33.4 Å². The molecular formula is C14H16N6OS. The molecule has 8 heteroatoms. The molecule has 1 aromatic carbocycles. The third kappa shape index (κ3) is 2.69. The van der Waals surface area contributed by atoms with Gasteiger partial charge in [0.05, 0.1) is 5.52 Å². The minimum Gasteiger partial charge on any atom is -0.296 e. The summed E-state index contributed by atoms with van der Waals surface area (Å²) in [6.07, 6.45) is 0. The first kappa shape index (κ1) is 14.6. The summed E-state index contributed by atoms with van der Waals surface area (Å²) in [4.78, 5) is 12.3. The van der Waals surface area contributed by atoms with Crippen molar-refractivity contribution in [2.24, 2.45) is 0 Å². The highest BCUT2D eigenvalue weighted by molar-refractivity contribution is 7.15. The fraction of sp³-hybridized carbons (Fsp3) is 0.357. The molecule has 114 valence electrons. The van der Waals surface area contributed by atoms with Crippen LogP contribution in [0.1, 0.15) is 42.1 Å². The molecule has 0 radical (unpaired) electrons. The normalized spacial score (nSPS) is 11.3. The number of aryl methyl sites for hydroxylation is 1. The monoisotopic (exact) mass is 316 g/mol. The van der Waals surface area contributed by atoms with Crippen LogP contribution in [0.15, 0.2) is 18.2 Å². The summed E-state index contributed by atoms with van der Waals surface area (Å²) in [6, 6.07) is 5.35. The second-order valence-corrected chi connectivity index (χ2v) is 6.17. The van der Waals surface area contributed by atoms with Crippen molar-refractivity contribution in [2.75, 3.05) is 5.32 Å². The Balaban J connectivity index is 1.82.